The summed E-state index contributed by atoms with van der Waals surface area (Å²) in [6, 6.07) is 0. The zero-order valence-corrected chi connectivity index (χ0v) is 32.4. The SMILES string of the molecule is C=CCOCC(COCC=C)(COC(=O)CCCCCCCN(N(C=O)CCCCCCOC#N)N(C=O)CCCCCCOC#N)COC(=O)C(=C)C. The Bertz CT molecular complexity index is 1100. The third kappa shape index (κ3) is 25.5. The van der Waals surface area contributed by atoms with Gasteiger partial charge in [0.1, 0.15) is 26.4 Å². The van der Waals surface area contributed by atoms with Gasteiger partial charge in [-0.3, -0.25) is 24.4 Å². The van der Waals surface area contributed by atoms with E-state index in [1.807, 2.05) is 0 Å². The van der Waals surface area contributed by atoms with Gasteiger partial charge in [0.05, 0.1) is 31.8 Å². The van der Waals surface area contributed by atoms with Crippen LogP contribution in [0.3, 0.4) is 0 Å². The molecule has 0 N–H and O–H groups in total. The summed E-state index contributed by atoms with van der Waals surface area (Å²) in [6.07, 6.45) is 18.3. The van der Waals surface area contributed by atoms with Crippen molar-refractivity contribution >= 4 is 24.8 Å². The number of ether oxygens (including phenoxy) is 6. The number of carbonyl (C=O) groups is 4. The summed E-state index contributed by atoms with van der Waals surface area (Å²) in [4.78, 5) is 49.3. The molecule has 0 aliphatic rings. The largest absolute Gasteiger partial charge is 0.465 e. The van der Waals surface area contributed by atoms with E-state index in [0.29, 0.717) is 39.3 Å². The van der Waals surface area contributed by atoms with E-state index in [0.717, 1.165) is 89.9 Å². The lowest BCUT2D eigenvalue weighted by Crippen LogP contribution is -2.53. The van der Waals surface area contributed by atoms with E-state index < -0.39 is 11.4 Å². The molecule has 0 radical (unpaired) electrons. The minimum atomic E-state index is -0.941. The maximum Gasteiger partial charge on any atom is 0.333 e. The number of hydrogen-bond donors (Lipinski definition) is 0. The van der Waals surface area contributed by atoms with Gasteiger partial charge in [-0.15, -0.1) is 18.3 Å². The van der Waals surface area contributed by atoms with Crippen molar-refractivity contribution in [1.29, 1.82) is 10.5 Å². The molecular formula is C39H63N5O10. The molecule has 15 nitrogen and oxygen atoms in total. The second-order valence-electron chi connectivity index (χ2n) is 13.0. The lowest BCUT2D eigenvalue weighted by atomic mass is 9.92. The number of esters is 2. The van der Waals surface area contributed by atoms with Crippen LogP contribution in [0, 0.1) is 28.4 Å². The minimum Gasteiger partial charge on any atom is -0.465 e. The Kier molecular flexibility index (Phi) is 31.5. The normalized spacial score (nSPS) is 10.7. The molecule has 0 aromatic rings. The summed E-state index contributed by atoms with van der Waals surface area (Å²) in [6.45, 7) is 15.1. The maximum atomic E-state index is 12.8. The highest BCUT2D eigenvalue weighted by molar-refractivity contribution is 5.86. The smallest absolute Gasteiger partial charge is 0.333 e. The van der Waals surface area contributed by atoms with Crippen LogP contribution in [0.25, 0.3) is 0 Å². The van der Waals surface area contributed by atoms with Crippen LogP contribution >= 0.6 is 0 Å². The molecule has 0 atom stereocenters. The van der Waals surface area contributed by atoms with Gasteiger partial charge in [0.2, 0.25) is 12.8 Å². The van der Waals surface area contributed by atoms with Gasteiger partial charge >= 0.3 is 11.9 Å². The van der Waals surface area contributed by atoms with Gasteiger partial charge in [-0.05, 0) is 58.3 Å². The molecule has 0 aromatic heterocycles. The van der Waals surface area contributed by atoms with Crippen molar-refractivity contribution in [2.75, 3.05) is 72.5 Å². The Hall–Kier alpha value is -4.44. The van der Waals surface area contributed by atoms with Crippen molar-refractivity contribution in [3.05, 3.63) is 37.5 Å². The van der Waals surface area contributed by atoms with Crippen LogP contribution in [0.1, 0.15) is 96.8 Å². The van der Waals surface area contributed by atoms with Crippen molar-refractivity contribution in [3.63, 3.8) is 0 Å². The first-order valence-electron chi connectivity index (χ1n) is 18.8. The second-order valence-corrected chi connectivity index (χ2v) is 13.0. The molecule has 0 saturated heterocycles. The summed E-state index contributed by atoms with van der Waals surface area (Å²) < 4.78 is 31.9. The summed E-state index contributed by atoms with van der Waals surface area (Å²) in [5.74, 6) is -0.952. The fourth-order valence-electron chi connectivity index (χ4n) is 5.21. The summed E-state index contributed by atoms with van der Waals surface area (Å²) >= 11 is 0. The van der Waals surface area contributed by atoms with Crippen molar-refractivity contribution < 1.29 is 47.6 Å². The third-order valence-electron chi connectivity index (χ3n) is 8.16. The predicted molar refractivity (Wildman–Crippen MR) is 201 cm³/mol. The van der Waals surface area contributed by atoms with Crippen LogP contribution < -0.4 is 0 Å². The number of amides is 2. The number of hydrogen-bond acceptors (Lipinski definition) is 13. The molecule has 54 heavy (non-hydrogen) atoms. The molecule has 0 unspecified atom stereocenters. The highest BCUT2D eigenvalue weighted by atomic mass is 16.6. The number of hydrazine groups is 2. The van der Waals surface area contributed by atoms with Crippen molar-refractivity contribution in [2.45, 2.75) is 96.8 Å². The first-order chi connectivity index (χ1) is 26.2. The van der Waals surface area contributed by atoms with E-state index in [-0.39, 0.29) is 57.6 Å². The molecule has 2 amide bonds. The van der Waals surface area contributed by atoms with Crippen LogP contribution in [0.2, 0.25) is 0 Å². The summed E-state index contributed by atoms with van der Waals surface area (Å²) in [5, 5.41) is 21.8. The molecule has 0 fully saturated rings. The van der Waals surface area contributed by atoms with E-state index >= 15 is 0 Å². The van der Waals surface area contributed by atoms with Gasteiger partial charge in [0, 0.05) is 31.6 Å². The average Bonchev–Trinajstić information content (AvgIpc) is 3.17. The third-order valence-corrected chi connectivity index (χ3v) is 8.16. The molecule has 0 heterocycles. The highest BCUT2D eigenvalue weighted by Crippen LogP contribution is 2.22. The maximum absolute atomic E-state index is 12.8. The minimum absolute atomic E-state index is 0.0783. The van der Waals surface area contributed by atoms with Gasteiger partial charge in [-0.1, -0.05) is 50.8 Å². The average molecular weight is 762 g/mol. The number of carbonyl (C=O) groups excluding carboxylic acids is 4. The fourth-order valence-corrected chi connectivity index (χ4v) is 5.21. The Morgan fingerprint density at radius 1 is 0.648 bits per heavy atom. The molecule has 0 bridgehead atoms. The number of nitrogens with zero attached hydrogens (tertiary/aromatic N) is 5. The van der Waals surface area contributed by atoms with Gasteiger partial charge in [0.15, 0.2) is 0 Å². The topological polar surface area (TPSA) is 181 Å². The number of nitriles is 2. The van der Waals surface area contributed by atoms with Crippen LogP contribution in [0.4, 0.5) is 0 Å². The first-order valence-corrected chi connectivity index (χ1v) is 18.8. The Balaban J connectivity index is 5.08. The molecule has 304 valence electrons. The fraction of sp³-hybridized carbons (Fsp3) is 0.692. The van der Waals surface area contributed by atoms with Crippen LogP contribution in [0.15, 0.2) is 37.5 Å². The molecule has 15 heteroatoms. The van der Waals surface area contributed by atoms with Gasteiger partial charge in [0.25, 0.3) is 12.5 Å². The summed E-state index contributed by atoms with van der Waals surface area (Å²) in [5.41, 5.74) is -0.698. The van der Waals surface area contributed by atoms with Crippen molar-refractivity contribution in [3.8, 4) is 12.5 Å². The van der Waals surface area contributed by atoms with E-state index in [9.17, 15) is 19.2 Å². The Morgan fingerprint density at radius 3 is 1.56 bits per heavy atom. The van der Waals surface area contributed by atoms with E-state index in [1.54, 1.807) is 46.7 Å². The zero-order chi connectivity index (χ0) is 40.1. The van der Waals surface area contributed by atoms with Crippen molar-refractivity contribution in [2.24, 2.45) is 5.41 Å². The van der Waals surface area contributed by atoms with Gasteiger partial charge in [-0.25, -0.2) is 4.79 Å². The second kappa shape index (κ2) is 34.3. The lowest BCUT2D eigenvalue weighted by Gasteiger charge is -2.38. The number of rotatable bonds is 39. The van der Waals surface area contributed by atoms with E-state index in [2.05, 4.69) is 19.7 Å². The highest BCUT2D eigenvalue weighted by Gasteiger charge is 2.35. The molecule has 0 spiro atoms. The monoisotopic (exact) mass is 761 g/mol. The van der Waals surface area contributed by atoms with Crippen LogP contribution in [-0.4, -0.2) is 112 Å². The number of unbranched alkanes of at least 4 members (excludes halogenated alkanes) is 10. The zero-order valence-electron chi connectivity index (χ0n) is 32.4. The van der Waals surface area contributed by atoms with E-state index in [1.165, 1.54) is 0 Å². The van der Waals surface area contributed by atoms with E-state index in [4.69, 9.17) is 38.9 Å². The predicted octanol–water partition coefficient (Wildman–Crippen LogP) is 5.55. The first kappa shape index (κ1) is 49.6. The van der Waals surface area contributed by atoms with Gasteiger partial charge in [-0.2, -0.15) is 10.5 Å². The quantitative estimate of drug-likeness (QED) is 0.0145. The summed E-state index contributed by atoms with van der Waals surface area (Å²) in [7, 11) is 0. The van der Waals surface area contributed by atoms with Crippen molar-refractivity contribution in [1.82, 2.24) is 15.1 Å². The molecule has 0 aliphatic heterocycles. The molecule has 0 saturated carbocycles. The molecular weight excluding hydrogens is 698 g/mol. The molecule has 0 aliphatic carbocycles. The van der Waals surface area contributed by atoms with Gasteiger partial charge < -0.3 is 28.4 Å². The lowest BCUT2D eigenvalue weighted by molar-refractivity contribution is -0.186. The Morgan fingerprint density at radius 2 is 1.09 bits per heavy atom. The van der Waals surface area contributed by atoms with Crippen LogP contribution in [-0.2, 0) is 47.6 Å². The molecule has 0 aromatic carbocycles. The standard InChI is InChI=1S/C39H63N5O10/c1-5-24-49-28-39(29-50-25-6-2,31-54-38(48)36(3)4)30-53-37(47)20-14-8-7-9-17-23-44(42(34-45)21-15-10-12-18-26-51-32-40)43(35-46)22-16-11-13-19-27-52-33-41/h5-6,34-35H,1-3,7-31H2,4H3. The van der Waals surface area contributed by atoms with Crippen LogP contribution in [0.5, 0.6) is 0 Å². The Labute approximate surface area is 322 Å². The molecule has 0 rings (SSSR count).